The summed E-state index contributed by atoms with van der Waals surface area (Å²) in [6, 6.07) is 4.54. The Bertz CT molecular complexity index is 393. The van der Waals surface area contributed by atoms with Crippen LogP contribution in [0, 0.1) is 6.57 Å². The predicted molar refractivity (Wildman–Crippen MR) is 50.6 cm³/mol. The van der Waals surface area contributed by atoms with Crippen molar-refractivity contribution < 1.29 is 14.3 Å². The molecule has 14 heavy (non-hydrogen) atoms. The third kappa shape index (κ3) is 1.83. The van der Waals surface area contributed by atoms with Gasteiger partial charge in [-0.2, -0.15) is 0 Å². The van der Waals surface area contributed by atoms with Gasteiger partial charge >= 0.3 is 5.97 Å². The van der Waals surface area contributed by atoms with E-state index >= 15 is 0 Å². The van der Waals surface area contributed by atoms with Crippen LogP contribution in [-0.4, -0.2) is 20.2 Å². The van der Waals surface area contributed by atoms with Gasteiger partial charge in [0, 0.05) is 0 Å². The molecule has 0 aromatic heterocycles. The molecule has 72 valence electrons. The molecule has 0 saturated carbocycles. The molecule has 0 fully saturated rings. The molecule has 0 amide bonds. The van der Waals surface area contributed by atoms with Crippen molar-refractivity contribution in [2.24, 2.45) is 0 Å². The number of hydrogen-bond acceptors (Lipinski definition) is 3. The lowest BCUT2D eigenvalue weighted by molar-refractivity contribution is 0.0600. The summed E-state index contributed by atoms with van der Waals surface area (Å²) in [5, 5.41) is 0. The maximum Gasteiger partial charge on any atom is 0.337 e. The number of carbonyl (C=O) groups excluding carboxylic acids is 1. The molecular formula is C10H9NO3. The van der Waals surface area contributed by atoms with Crippen molar-refractivity contribution in [3.05, 3.63) is 35.2 Å². The van der Waals surface area contributed by atoms with Crippen LogP contribution in [-0.2, 0) is 4.74 Å². The van der Waals surface area contributed by atoms with Crippen molar-refractivity contribution >= 4 is 11.7 Å². The van der Waals surface area contributed by atoms with E-state index in [2.05, 4.69) is 9.58 Å². The summed E-state index contributed by atoms with van der Waals surface area (Å²) in [6.07, 6.45) is 0. The largest absolute Gasteiger partial charge is 0.508 e. The minimum absolute atomic E-state index is 0.372. The first-order valence-electron chi connectivity index (χ1n) is 3.86. The Kier molecular flexibility index (Phi) is 3.08. The molecule has 1 rings (SSSR count). The van der Waals surface area contributed by atoms with Crippen LogP contribution in [0.2, 0.25) is 0 Å². The van der Waals surface area contributed by atoms with Crippen LogP contribution in [0.25, 0.3) is 4.85 Å². The topological polar surface area (TPSA) is 39.9 Å². The average molecular weight is 190 g/mol. The SMILES string of the molecule is COC(=O)c1ccc([N+]#[11C-])c(OC)c1. The van der Waals surface area contributed by atoms with Gasteiger partial charge in [-0.1, -0.05) is 12.1 Å². The van der Waals surface area contributed by atoms with Crippen LogP contribution in [0.4, 0.5) is 5.69 Å². The molecule has 0 atom stereocenters. The molecule has 0 spiro atoms. The summed E-state index contributed by atoms with van der Waals surface area (Å²) in [6.45, 7) is 6.84. The highest BCUT2D eigenvalue weighted by molar-refractivity contribution is 5.90. The monoisotopic (exact) mass is 190 g/mol. The van der Waals surface area contributed by atoms with Crippen LogP contribution in [0.1, 0.15) is 10.4 Å². The lowest BCUT2D eigenvalue weighted by Gasteiger charge is -2.04. The van der Waals surface area contributed by atoms with Gasteiger partial charge in [0.05, 0.1) is 26.4 Å². The molecule has 0 bridgehead atoms. The van der Waals surface area contributed by atoms with E-state index in [0.717, 1.165) is 0 Å². The fourth-order valence-electron chi connectivity index (χ4n) is 1.01. The summed E-state index contributed by atoms with van der Waals surface area (Å²) >= 11 is 0. The Labute approximate surface area is 81.9 Å². The molecule has 0 saturated heterocycles. The number of carbonyl (C=O) groups is 1. The summed E-state index contributed by atoms with van der Waals surface area (Å²) in [5.74, 6) is -0.0669. The van der Waals surface area contributed by atoms with Crippen molar-refractivity contribution in [2.45, 2.75) is 0 Å². The second-order valence-electron chi connectivity index (χ2n) is 2.49. The summed E-state index contributed by atoms with van der Waals surface area (Å²) in [5.41, 5.74) is 0.747. The summed E-state index contributed by atoms with van der Waals surface area (Å²) < 4.78 is 9.49. The highest BCUT2D eigenvalue weighted by Crippen LogP contribution is 2.28. The fraction of sp³-hybridized carbons (Fsp3) is 0.200. The molecule has 1 aromatic rings. The molecule has 0 aliphatic carbocycles. The van der Waals surface area contributed by atoms with Gasteiger partial charge in [0.1, 0.15) is 5.75 Å². The Hall–Kier alpha value is -2.02. The zero-order valence-electron chi connectivity index (χ0n) is 7.90. The van der Waals surface area contributed by atoms with E-state index in [9.17, 15) is 4.79 Å². The van der Waals surface area contributed by atoms with Crippen molar-refractivity contribution in [1.29, 1.82) is 0 Å². The van der Waals surface area contributed by atoms with Gasteiger partial charge in [-0.3, -0.25) is 0 Å². The van der Waals surface area contributed by atoms with E-state index in [1.54, 1.807) is 0 Å². The number of ether oxygens (including phenoxy) is 2. The second kappa shape index (κ2) is 4.28. The van der Waals surface area contributed by atoms with E-state index in [-0.39, 0.29) is 0 Å². The van der Waals surface area contributed by atoms with Gasteiger partial charge in [0.15, 0.2) is 0 Å². The highest BCUT2D eigenvalue weighted by Gasteiger charge is 2.09. The van der Waals surface area contributed by atoms with Crippen LogP contribution in [0.5, 0.6) is 5.75 Å². The molecule has 0 heterocycles. The van der Waals surface area contributed by atoms with Gasteiger partial charge in [-0.05, 0) is 6.07 Å². The molecule has 0 unspecified atom stereocenters. The zero-order valence-corrected chi connectivity index (χ0v) is 7.90. The Morgan fingerprint density at radius 1 is 1.43 bits per heavy atom. The Morgan fingerprint density at radius 2 is 2.14 bits per heavy atom. The maximum absolute atomic E-state index is 11.1. The van der Waals surface area contributed by atoms with Gasteiger partial charge < -0.3 is 9.47 Å². The Balaban J connectivity index is 3.15. The van der Waals surface area contributed by atoms with Gasteiger partial charge in [0.2, 0.25) is 5.69 Å². The molecule has 4 nitrogen and oxygen atoms in total. The molecule has 1 aromatic carbocycles. The molecule has 0 N–H and O–H groups in total. The van der Waals surface area contributed by atoms with Gasteiger partial charge in [-0.15, -0.1) is 0 Å². The molecule has 0 aliphatic heterocycles. The van der Waals surface area contributed by atoms with Crippen LogP contribution in [0.3, 0.4) is 0 Å². The smallest absolute Gasteiger partial charge is 0.337 e. The highest BCUT2D eigenvalue weighted by atomic mass is 16.5. The van der Waals surface area contributed by atoms with Crippen molar-refractivity contribution in [3.8, 4) is 5.75 Å². The number of nitrogens with zero attached hydrogens (tertiary/aromatic N) is 1. The van der Waals surface area contributed by atoms with Gasteiger partial charge in [0.25, 0.3) is 0 Å². The van der Waals surface area contributed by atoms with Crippen molar-refractivity contribution in [3.63, 3.8) is 0 Å². The standard InChI is InChI=1S/C10H9NO3/c1-11-8-5-4-7(10(12)14-3)6-9(8)13-2/h4-6H,2-3H3/i1-1. The normalized spacial score (nSPS) is 8.93. The van der Waals surface area contributed by atoms with E-state index in [4.69, 9.17) is 11.3 Å². The summed E-state index contributed by atoms with van der Waals surface area (Å²) in [7, 11) is 2.75. The van der Waals surface area contributed by atoms with E-state index < -0.39 is 5.97 Å². The fourth-order valence-corrected chi connectivity index (χ4v) is 1.01. The van der Waals surface area contributed by atoms with E-state index in [1.165, 1.54) is 32.4 Å². The minimum Gasteiger partial charge on any atom is -0.508 e. The number of benzene rings is 1. The molecule has 0 radical (unpaired) electrons. The van der Waals surface area contributed by atoms with Crippen molar-refractivity contribution in [2.75, 3.05) is 14.2 Å². The predicted octanol–water partition coefficient (Wildman–Crippen LogP) is 2.03. The van der Waals surface area contributed by atoms with Crippen molar-refractivity contribution in [1.82, 2.24) is 0 Å². The van der Waals surface area contributed by atoms with Crippen LogP contribution >= 0.6 is 0 Å². The zero-order chi connectivity index (χ0) is 10.6. The third-order valence-electron chi connectivity index (χ3n) is 1.72. The first kappa shape index (κ1) is 10.1. The first-order valence-corrected chi connectivity index (χ1v) is 3.86. The maximum atomic E-state index is 11.1. The minimum atomic E-state index is -0.445. The Morgan fingerprint density at radius 3 is 2.64 bits per heavy atom. The number of methoxy groups -OCH3 is 2. The lowest BCUT2D eigenvalue weighted by atomic mass is 10.2. The van der Waals surface area contributed by atoms with Crippen LogP contribution < -0.4 is 4.74 Å². The molecule has 0 aliphatic rings. The molecular weight excluding hydrogens is 181 g/mol. The second-order valence-corrected chi connectivity index (χ2v) is 2.49. The van der Waals surface area contributed by atoms with Crippen LogP contribution in [0.15, 0.2) is 18.2 Å². The van der Waals surface area contributed by atoms with E-state index in [1.807, 2.05) is 0 Å². The average Bonchev–Trinajstić information content (AvgIpc) is 2.26. The van der Waals surface area contributed by atoms with E-state index in [0.29, 0.717) is 17.0 Å². The summed E-state index contributed by atoms with van der Waals surface area (Å²) in [4.78, 5) is 14.4. The first-order chi connectivity index (χ1) is 6.72. The number of esters is 1. The molecule has 4 heteroatoms. The lowest BCUT2D eigenvalue weighted by Crippen LogP contribution is -2.00. The number of rotatable bonds is 2. The number of hydrogen-bond donors (Lipinski definition) is 0. The third-order valence-corrected chi connectivity index (χ3v) is 1.72. The van der Waals surface area contributed by atoms with Gasteiger partial charge in [-0.25, -0.2) is 9.64 Å². The quantitative estimate of drug-likeness (QED) is 0.529.